The predicted octanol–water partition coefficient (Wildman–Crippen LogP) is 4.45. The molecule has 1 aliphatic carbocycles. The topological polar surface area (TPSA) is 41.6 Å². The van der Waals surface area contributed by atoms with Gasteiger partial charge in [-0.15, -0.1) is 0 Å². The third-order valence-electron chi connectivity index (χ3n) is 4.10. The number of carbonyl (C=O) groups is 1. The summed E-state index contributed by atoms with van der Waals surface area (Å²) >= 11 is 3.63. The molecule has 132 valence electrons. The van der Waals surface area contributed by atoms with Crippen molar-refractivity contribution in [3.63, 3.8) is 0 Å². The van der Waals surface area contributed by atoms with Crippen LogP contribution in [0.5, 0.6) is 0 Å². The van der Waals surface area contributed by atoms with Gasteiger partial charge in [-0.3, -0.25) is 0 Å². The third-order valence-corrected chi connectivity index (χ3v) is 4.79. The maximum atomic E-state index is 12.1. The molecule has 2 rings (SSSR count). The molecule has 0 radical (unpaired) electrons. The monoisotopic (exact) mass is 394 g/mol. The number of benzene rings is 1. The van der Waals surface area contributed by atoms with Crippen LogP contribution in [0.4, 0.5) is 4.79 Å². The standard InChI is InChI=1S/C19H27BrN2O2/c1-19(2,3)24-18(23)21-16-11-10-13(12-17(16)22(4)5)14-8-6-7-9-15(14)20/h6-10,16-17H,11-12H2,1-5H3,(H,21,23). The second-order valence-corrected chi connectivity index (χ2v) is 8.29. The molecule has 0 saturated carbocycles. The number of carbonyl (C=O) groups excluding carboxylic acids is 1. The Hall–Kier alpha value is -1.33. The van der Waals surface area contributed by atoms with Gasteiger partial charge in [0.2, 0.25) is 0 Å². The van der Waals surface area contributed by atoms with Gasteiger partial charge in [0.25, 0.3) is 0 Å². The highest BCUT2D eigenvalue weighted by Crippen LogP contribution is 2.33. The van der Waals surface area contributed by atoms with Crippen molar-refractivity contribution in [2.24, 2.45) is 0 Å². The molecule has 0 saturated heterocycles. The highest BCUT2D eigenvalue weighted by Gasteiger charge is 2.31. The lowest BCUT2D eigenvalue weighted by Crippen LogP contribution is -2.51. The van der Waals surface area contributed by atoms with Crippen LogP contribution in [-0.2, 0) is 4.74 Å². The van der Waals surface area contributed by atoms with Crippen molar-refractivity contribution in [3.8, 4) is 0 Å². The zero-order chi connectivity index (χ0) is 17.9. The van der Waals surface area contributed by atoms with Gasteiger partial charge in [-0.05, 0) is 64.9 Å². The van der Waals surface area contributed by atoms with Gasteiger partial charge in [0, 0.05) is 10.5 Å². The summed E-state index contributed by atoms with van der Waals surface area (Å²) in [6.45, 7) is 5.63. The van der Waals surface area contributed by atoms with Crippen molar-refractivity contribution in [2.75, 3.05) is 14.1 Å². The summed E-state index contributed by atoms with van der Waals surface area (Å²) < 4.78 is 6.51. The smallest absolute Gasteiger partial charge is 0.407 e. The summed E-state index contributed by atoms with van der Waals surface area (Å²) in [6.07, 6.45) is 3.55. The van der Waals surface area contributed by atoms with E-state index in [4.69, 9.17) is 4.74 Å². The molecule has 0 heterocycles. The molecule has 2 unspecified atom stereocenters. The summed E-state index contributed by atoms with van der Waals surface area (Å²) in [5, 5.41) is 3.03. The minimum absolute atomic E-state index is 0.0427. The number of nitrogens with zero attached hydrogens (tertiary/aromatic N) is 1. The van der Waals surface area contributed by atoms with Gasteiger partial charge in [0.1, 0.15) is 5.60 Å². The van der Waals surface area contributed by atoms with Crippen LogP contribution in [0, 0.1) is 0 Å². The van der Waals surface area contributed by atoms with E-state index in [-0.39, 0.29) is 18.2 Å². The largest absolute Gasteiger partial charge is 0.444 e. The minimum Gasteiger partial charge on any atom is -0.444 e. The Morgan fingerprint density at radius 2 is 1.96 bits per heavy atom. The maximum absolute atomic E-state index is 12.1. The molecule has 2 atom stereocenters. The Morgan fingerprint density at radius 3 is 2.54 bits per heavy atom. The van der Waals surface area contributed by atoms with Crippen LogP contribution < -0.4 is 5.32 Å². The first-order valence-electron chi connectivity index (χ1n) is 8.27. The van der Waals surface area contributed by atoms with Gasteiger partial charge >= 0.3 is 6.09 Å². The summed E-state index contributed by atoms with van der Waals surface area (Å²) in [5.74, 6) is 0. The normalized spacial score (nSPS) is 21.4. The lowest BCUT2D eigenvalue weighted by Gasteiger charge is -2.37. The Balaban J connectivity index is 2.14. The number of amides is 1. The molecule has 0 fully saturated rings. The Morgan fingerprint density at radius 1 is 1.29 bits per heavy atom. The molecular formula is C19H27BrN2O2. The maximum Gasteiger partial charge on any atom is 0.407 e. The van der Waals surface area contributed by atoms with Gasteiger partial charge in [0.05, 0.1) is 6.04 Å². The molecule has 5 heteroatoms. The number of hydrogen-bond donors (Lipinski definition) is 1. The highest BCUT2D eigenvalue weighted by atomic mass is 79.9. The molecule has 0 aliphatic heterocycles. The van der Waals surface area contributed by atoms with E-state index in [1.54, 1.807) is 0 Å². The van der Waals surface area contributed by atoms with E-state index < -0.39 is 5.60 Å². The van der Waals surface area contributed by atoms with E-state index in [2.05, 4.69) is 64.5 Å². The average Bonchev–Trinajstić information content (AvgIpc) is 2.46. The summed E-state index contributed by atoms with van der Waals surface area (Å²) in [5.41, 5.74) is 2.05. The highest BCUT2D eigenvalue weighted by molar-refractivity contribution is 9.10. The zero-order valence-electron chi connectivity index (χ0n) is 15.1. The van der Waals surface area contributed by atoms with Crippen molar-refractivity contribution in [3.05, 3.63) is 40.4 Å². The second-order valence-electron chi connectivity index (χ2n) is 7.43. The Kier molecular flexibility index (Phi) is 6.10. The molecule has 1 N–H and O–H groups in total. The number of halogens is 1. The van der Waals surface area contributed by atoms with E-state index in [1.165, 1.54) is 11.1 Å². The first kappa shape index (κ1) is 19.0. The molecule has 0 bridgehead atoms. The number of rotatable bonds is 3. The fourth-order valence-corrected chi connectivity index (χ4v) is 3.51. The van der Waals surface area contributed by atoms with Crippen LogP contribution in [0.15, 0.2) is 34.8 Å². The molecule has 1 aliphatic rings. The first-order valence-corrected chi connectivity index (χ1v) is 9.06. The number of nitrogens with one attached hydrogen (secondary N) is 1. The van der Waals surface area contributed by atoms with Gasteiger partial charge in [-0.2, -0.15) is 0 Å². The lowest BCUT2D eigenvalue weighted by molar-refractivity contribution is 0.0474. The fourth-order valence-electron chi connectivity index (χ4n) is 2.98. The first-order chi connectivity index (χ1) is 11.2. The van der Waals surface area contributed by atoms with Crippen LogP contribution in [0.25, 0.3) is 5.57 Å². The van der Waals surface area contributed by atoms with Crippen molar-refractivity contribution >= 4 is 27.6 Å². The number of alkyl carbamates (subject to hydrolysis) is 1. The summed E-state index contributed by atoms with van der Waals surface area (Å²) in [7, 11) is 4.11. The Labute approximate surface area is 153 Å². The van der Waals surface area contributed by atoms with Crippen LogP contribution in [0.1, 0.15) is 39.2 Å². The SMILES string of the molecule is CN(C)C1CC(c2ccccc2Br)=CCC1NC(=O)OC(C)(C)C. The van der Waals surface area contributed by atoms with Crippen molar-refractivity contribution in [1.29, 1.82) is 0 Å². The van der Waals surface area contributed by atoms with Gasteiger partial charge in [-0.1, -0.05) is 40.2 Å². The van der Waals surface area contributed by atoms with Gasteiger partial charge < -0.3 is 15.0 Å². The van der Waals surface area contributed by atoms with Crippen LogP contribution in [-0.4, -0.2) is 42.8 Å². The summed E-state index contributed by atoms with van der Waals surface area (Å²) in [4.78, 5) is 14.3. The number of hydrogen-bond acceptors (Lipinski definition) is 3. The minimum atomic E-state index is -0.484. The zero-order valence-corrected chi connectivity index (χ0v) is 16.7. The van der Waals surface area contributed by atoms with Crippen LogP contribution in [0.3, 0.4) is 0 Å². The van der Waals surface area contributed by atoms with Crippen molar-refractivity contribution in [2.45, 2.75) is 51.3 Å². The fraction of sp³-hybridized carbons (Fsp3) is 0.526. The summed E-state index contributed by atoms with van der Waals surface area (Å²) in [6, 6.07) is 8.53. The molecule has 0 spiro atoms. The molecule has 4 nitrogen and oxygen atoms in total. The molecule has 1 amide bonds. The van der Waals surface area contributed by atoms with E-state index in [0.29, 0.717) is 0 Å². The number of ether oxygens (including phenoxy) is 1. The molecule has 1 aromatic carbocycles. The van der Waals surface area contributed by atoms with Crippen molar-refractivity contribution < 1.29 is 9.53 Å². The van der Waals surface area contributed by atoms with Crippen LogP contribution >= 0.6 is 15.9 Å². The molecular weight excluding hydrogens is 368 g/mol. The van der Waals surface area contributed by atoms with E-state index >= 15 is 0 Å². The van der Waals surface area contributed by atoms with E-state index in [0.717, 1.165) is 17.3 Å². The molecule has 1 aromatic rings. The van der Waals surface area contributed by atoms with Crippen LogP contribution in [0.2, 0.25) is 0 Å². The van der Waals surface area contributed by atoms with Gasteiger partial charge in [0.15, 0.2) is 0 Å². The second kappa shape index (κ2) is 7.70. The lowest BCUT2D eigenvalue weighted by atomic mass is 9.86. The number of likely N-dealkylation sites (N-methyl/N-ethyl adjacent to an activating group) is 1. The molecule has 24 heavy (non-hydrogen) atoms. The third kappa shape index (κ3) is 5.08. The quantitative estimate of drug-likeness (QED) is 0.822. The van der Waals surface area contributed by atoms with Crippen molar-refractivity contribution in [1.82, 2.24) is 10.2 Å². The average molecular weight is 395 g/mol. The Bertz CT molecular complexity index is 620. The van der Waals surface area contributed by atoms with E-state index in [1.807, 2.05) is 26.8 Å². The predicted molar refractivity (Wildman–Crippen MR) is 102 cm³/mol. The van der Waals surface area contributed by atoms with E-state index in [9.17, 15) is 4.79 Å². The van der Waals surface area contributed by atoms with Gasteiger partial charge in [-0.25, -0.2) is 4.79 Å². The molecule has 0 aromatic heterocycles.